The van der Waals surface area contributed by atoms with E-state index in [9.17, 15) is 9.18 Å². The molecule has 1 aliphatic rings. The number of benzene rings is 2. The van der Waals surface area contributed by atoms with Crippen LogP contribution in [0.4, 0.5) is 4.39 Å². The number of aliphatic imine (C=N–C) groups is 1. The Kier molecular flexibility index (Phi) is 4.73. The average molecular weight is 398 g/mol. The highest BCUT2D eigenvalue weighted by Gasteiger charge is 2.25. The third kappa shape index (κ3) is 3.20. The second kappa shape index (κ2) is 7.20. The van der Waals surface area contributed by atoms with Gasteiger partial charge in [0.15, 0.2) is 0 Å². The Morgan fingerprint density at radius 2 is 2.04 bits per heavy atom. The minimum atomic E-state index is -0.379. The van der Waals surface area contributed by atoms with Crippen LogP contribution >= 0.6 is 11.6 Å². The van der Waals surface area contributed by atoms with Crippen LogP contribution in [0.5, 0.6) is 0 Å². The third-order valence-corrected chi connectivity index (χ3v) is 4.84. The summed E-state index contributed by atoms with van der Waals surface area (Å²) >= 11 is 6.25. The molecule has 3 aromatic rings. The molecule has 4 rings (SSSR count). The van der Waals surface area contributed by atoms with Gasteiger partial charge in [-0.2, -0.15) is 0 Å². The van der Waals surface area contributed by atoms with Gasteiger partial charge >= 0.3 is 5.97 Å². The molecular weight excluding hydrogens is 381 g/mol. The average Bonchev–Trinajstić information content (AvgIpc) is 2.87. The van der Waals surface area contributed by atoms with Crippen LogP contribution in [-0.2, 0) is 22.7 Å². The molecule has 0 saturated heterocycles. The van der Waals surface area contributed by atoms with Gasteiger partial charge in [-0.05, 0) is 37.3 Å². The maximum absolute atomic E-state index is 14.5. The summed E-state index contributed by atoms with van der Waals surface area (Å²) in [5.41, 5.74) is 3.88. The molecule has 0 atom stereocenters. The summed E-state index contributed by atoms with van der Waals surface area (Å²) in [4.78, 5) is 20.5. The first-order valence-electron chi connectivity index (χ1n) is 8.76. The minimum Gasteiger partial charge on any atom is -0.459 e. The Morgan fingerprint density at radius 3 is 2.79 bits per heavy atom. The first-order chi connectivity index (χ1) is 13.5. The van der Waals surface area contributed by atoms with E-state index in [2.05, 4.69) is 4.98 Å². The second-order valence-electron chi connectivity index (χ2n) is 6.47. The van der Waals surface area contributed by atoms with Crippen molar-refractivity contribution in [3.8, 4) is 5.69 Å². The van der Waals surface area contributed by atoms with Gasteiger partial charge in [-0.1, -0.05) is 23.7 Å². The van der Waals surface area contributed by atoms with E-state index in [1.165, 1.54) is 13.0 Å². The van der Waals surface area contributed by atoms with E-state index in [1.807, 2.05) is 17.6 Å². The predicted molar refractivity (Wildman–Crippen MR) is 105 cm³/mol. The molecule has 0 radical (unpaired) electrons. The number of hydrogen-bond donors (Lipinski definition) is 0. The highest BCUT2D eigenvalue weighted by atomic mass is 35.5. The quantitative estimate of drug-likeness (QED) is 0.616. The number of aromatic nitrogens is 2. The number of carbonyl (C=O) groups is 1. The summed E-state index contributed by atoms with van der Waals surface area (Å²) < 4.78 is 21.6. The molecular formula is C21H17ClFN3O2. The van der Waals surface area contributed by atoms with Gasteiger partial charge in [0.1, 0.15) is 23.9 Å². The van der Waals surface area contributed by atoms with E-state index in [4.69, 9.17) is 21.3 Å². The van der Waals surface area contributed by atoms with Crippen LogP contribution in [0, 0.1) is 12.7 Å². The van der Waals surface area contributed by atoms with E-state index in [0.717, 1.165) is 22.8 Å². The van der Waals surface area contributed by atoms with Gasteiger partial charge in [-0.3, -0.25) is 14.4 Å². The van der Waals surface area contributed by atoms with Gasteiger partial charge in [0.2, 0.25) is 0 Å². The fourth-order valence-electron chi connectivity index (χ4n) is 3.42. The number of halogens is 2. The van der Waals surface area contributed by atoms with Gasteiger partial charge in [-0.15, -0.1) is 0 Å². The van der Waals surface area contributed by atoms with Crippen LogP contribution in [-0.4, -0.2) is 21.2 Å². The van der Waals surface area contributed by atoms with Crippen LogP contribution in [0.3, 0.4) is 0 Å². The zero-order valence-corrected chi connectivity index (χ0v) is 16.1. The zero-order chi connectivity index (χ0) is 19.8. The first kappa shape index (κ1) is 18.4. The minimum absolute atomic E-state index is 0.0615. The van der Waals surface area contributed by atoms with Gasteiger partial charge in [0.05, 0.1) is 23.6 Å². The summed E-state index contributed by atoms with van der Waals surface area (Å²) in [6.07, 6.45) is 0. The Morgan fingerprint density at radius 1 is 1.25 bits per heavy atom. The van der Waals surface area contributed by atoms with E-state index >= 15 is 0 Å². The van der Waals surface area contributed by atoms with Crippen molar-refractivity contribution in [3.05, 3.63) is 81.6 Å². The number of hydrogen-bond acceptors (Lipinski definition) is 4. The lowest BCUT2D eigenvalue weighted by Crippen LogP contribution is -2.09. The summed E-state index contributed by atoms with van der Waals surface area (Å²) in [5.74, 6) is -0.00444. The van der Waals surface area contributed by atoms with Crippen LogP contribution in [0.2, 0.25) is 5.02 Å². The second-order valence-corrected chi connectivity index (χ2v) is 6.91. The number of carbonyl (C=O) groups excluding carboxylic acids is 1. The SMILES string of the molecule is CC(=O)OCc1nc(C)n2c1CN=C(c1ccccc1F)c1cc(Cl)ccc1-2. The maximum atomic E-state index is 14.5. The van der Waals surface area contributed by atoms with Crippen molar-refractivity contribution in [2.45, 2.75) is 27.0 Å². The van der Waals surface area contributed by atoms with Crippen LogP contribution in [0.25, 0.3) is 5.69 Å². The summed E-state index contributed by atoms with van der Waals surface area (Å²) in [6, 6.07) is 11.9. The van der Waals surface area contributed by atoms with Crippen LogP contribution in [0.1, 0.15) is 35.3 Å². The summed E-state index contributed by atoms with van der Waals surface area (Å²) in [7, 11) is 0. The number of rotatable bonds is 3. The van der Waals surface area contributed by atoms with Crippen molar-refractivity contribution in [3.63, 3.8) is 0 Å². The van der Waals surface area contributed by atoms with Gasteiger partial charge < -0.3 is 4.74 Å². The molecule has 28 heavy (non-hydrogen) atoms. The Labute approximate surface area is 166 Å². The van der Waals surface area contributed by atoms with Crippen molar-refractivity contribution in [1.82, 2.24) is 9.55 Å². The molecule has 0 aliphatic carbocycles. The maximum Gasteiger partial charge on any atom is 0.303 e. The summed E-state index contributed by atoms with van der Waals surface area (Å²) in [6.45, 7) is 3.56. The number of aryl methyl sites for hydroxylation is 1. The standard InChI is InChI=1S/C21H17ClFN3O2/c1-12-25-18(11-28-13(2)27)20-10-24-21(15-5-3-4-6-17(15)23)16-9-14(22)7-8-19(16)26(12)20/h3-9H,10-11H2,1-2H3. The molecule has 0 amide bonds. The number of ether oxygens (including phenoxy) is 1. The zero-order valence-electron chi connectivity index (χ0n) is 15.4. The Bertz CT molecular complexity index is 1120. The van der Waals surface area contributed by atoms with Gasteiger partial charge in [0.25, 0.3) is 0 Å². The molecule has 0 bridgehead atoms. The van der Waals surface area contributed by atoms with Crippen LogP contribution in [0.15, 0.2) is 47.5 Å². The van der Waals surface area contributed by atoms with Gasteiger partial charge in [0, 0.05) is 23.1 Å². The van der Waals surface area contributed by atoms with E-state index in [-0.39, 0.29) is 24.9 Å². The lowest BCUT2D eigenvalue weighted by molar-refractivity contribution is -0.142. The topological polar surface area (TPSA) is 56.5 Å². The van der Waals surface area contributed by atoms with E-state index < -0.39 is 0 Å². The molecule has 0 unspecified atom stereocenters. The normalized spacial score (nSPS) is 12.6. The van der Waals surface area contributed by atoms with Crippen molar-refractivity contribution in [2.24, 2.45) is 4.99 Å². The monoisotopic (exact) mass is 397 g/mol. The molecule has 1 aliphatic heterocycles. The Hall–Kier alpha value is -2.99. The molecule has 0 spiro atoms. The summed E-state index contributed by atoms with van der Waals surface area (Å²) in [5, 5.41) is 0.532. The number of esters is 1. The smallest absolute Gasteiger partial charge is 0.303 e. The van der Waals surface area contributed by atoms with Crippen molar-refractivity contribution in [1.29, 1.82) is 0 Å². The van der Waals surface area contributed by atoms with Crippen molar-refractivity contribution >= 4 is 23.3 Å². The first-order valence-corrected chi connectivity index (χ1v) is 9.13. The molecule has 2 heterocycles. The lowest BCUT2D eigenvalue weighted by atomic mass is 10.00. The number of fused-ring (bicyclic) bond motifs is 3. The lowest BCUT2D eigenvalue weighted by Gasteiger charge is -2.14. The van der Waals surface area contributed by atoms with Crippen LogP contribution < -0.4 is 0 Å². The molecule has 7 heteroatoms. The fraction of sp³-hybridized carbons (Fsp3) is 0.190. The highest BCUT2D eigenvalue weighted by Crippen LogP contribution is 2.31. The fourth-order valence-corrected chi connectivity index (χ4v) is 3.59. The van der Waals surface area contributed by atoms with Crippen molar-refractivity contribution in [2.75, 3.05) is 0 Å². The largest absolute Gasteiger partial charge is 0.459 e. The molecule has 0 fully saturated rings. The molecule has 1 aromatic heterocycles. The predicted octanol–water partition coefficient (Wildman–Crippen LogP) is 4.39. The molecule has 142 valence electrons. The molecule has 0 saturated carbocycles. The number of imidazole rings is 1. The molecule has 2 aromatic carbocycles. The molecule has 0 N–H and O–H groups in total. The number of nitrogens with zero attached hydrogens (tertiary/aromatic N) is 3. The van der Waals surface area contributed by atoms with E-state index in [0.29, 0.717) is 22.0 Å². The van der Waals surface area contributed by atoms with Crippen molar-refractivity contribution < 1.29 is 13.9 Å². The van der Waals surface area contributed by atoms with E-state index in [1.54, 1.807) is 30.3 Å². The molecule has 5 nitrogen and oxygen atoms in total. The third-order valence-electron chi connectivity index (χ3n) is 4.61. The Balaban J connectivity index is 1.93. The van der Waals surface area contributed by atoms with Gasteiger partial charge in [-0.25, -0.2) is 9.37 Å². The highest BCUT2D eigenvalue weighted by molar-refractivity contribution is 6.31.